The van der Waals surface area contributed by atoms with Gasteiger partial charge in [-0.15, -0.1) is 0 Å². The second-order valence-electron chi connectivity index (χ2n) is 12.9. The van der Waals surface area contributed by atoms with Crippen molar-refractivity contribution in [1.29, 1.82) is 0 Å². The minimum absolute atomic E-state index is 0.0244. The van der Waals surface area contributed by atoms with E-state index in [-0.39, 0.29) is 23.0 Å². The molecule has 2 heterocycles. The van der Waals surface area contributed by atoms with Crippen LogP contribution in [0, 0.1) is 23.2 Å². The number of nitrogens with one attached hydrogen (secondary N) is 1. The average molecular weight is 485 g/mol. The third kappa shape index (κ3) is 6.43. The number of fused-ring (bicyclic) bond motifs is 3. The number of unbranched alkanes of at least 4 members (excludes halogenated alkanes) is 3. The molecule has 4 atom stereocenters. The Morgan fingerprint density at radius 3 is 2.69 bits per heavy atom. The van der Waals surface area contributed by atoms with Crippen LogP contribution in [0.15, 0.2) is 35.1 Å². The zero-order valence-corrected chi connectivity index (χ0v) is 23.2. The maximum absolute atomic E-state index is 11.4. The normalized spacial score (nSPS) is 30.8. The number of allylic oxidation sites excluding steroid dienone is 3. The Morgan fingerprint density at radius 2 is 1.94 bits per heavy atom. The first-order chi connectivity index (χ1) is 16.7. The van der Waals surface area contributed by atoms with Crippen molar-refractivity contribution in [3.63, 3.8) is 0 Å². The molecule has 4 aliphatic rings. The highest BCUT2D eigenvalue weighted by Crippen LogP contribution is 2.53. The van der Waals surface area contributed by atoms with Gasteiger partial charge < -0.3 is 20.1 Å². The minimum Gasteiger partial charge on any atom is -0.512 e. The first kappa shape index (κ1) is 26.9. The number of rotatable bonds is 11. The summed E-state index contributed by atoms with van der Waals surface area (Å²) in [5.41, 5.74) is 2.66. The number of aliphatic hydroxyl groups is 1. The van der Waals surface area contributed by atoms with Gasteiger partial charge in [-0.05, 0) is 87.9 Å². The molecule has 0 aromatic carbocycles. The summed E-state index contributed by atoms with van der Waals surface area (Å²) in [6, 6.07) is 0. The lowest BCUT2D eigenvalue weighted by molar-refractivity contribution is -0.177. The van der Waals surface area contributed by atoms with E-state index in [1.54, 1.807) is 0 Å². The summed E-state index contributed by atoms with van der Waals surface area (Å²) in [5, 5.41) is 15.1. The van der Waals surface area contributed by atoms with E-state index < -0.39 is 0 Å². The van der Waals surface area contributed by atoms with Gasteiger partial charge >= 0.3 is 0 Å². The molecule has 0 radical (unpaired) electrons. The summed E-state index contributed by atoms with van der Waals surface area (Å²) in [5.74, 6) is 1.53. The molecule has 0 aromatic rings. The minimum atomic E-state index is -0.179. The van der Waals surface area contributed by atoms with Crippen LogP contribution < -0.4 is 5.32 Å². The molecule has 4 rings (SSSR count). The molecule has 2 saturated heterocycles. The van der Waals surface area contributed by atoms with Crippen LogP contribution in [-0.4, -0.2) is 54.4 Å². The van der Waals surface area contributed by atoms with E-state index in [2.05, 4.69) is 63.1 Å². The van der Waals surface area contributed by atoms with E-state index in [1.807, 2.05) is 0 Å². The van der Waals surface area contributed by atoms with E-state index >= 15 is 0 Å². The monoisotopic (exact) mass is 484 g/mol. The first-order valence-corrected chi connectivity index (χ1v) is 14.6. The van der Waals surface area contributed by atoms with Crippen molar-refractivity contribution in [3.8, 4) is 0 Å². The predicted octanol–water partition coefficient (Wildman–Crippen LogP) is 6.80. The smallest absolute Gasteiger partial charge is 0.0988 e. The first-order valence-electron chi connectivity index (χ1n) is 14.6. The molecule has 0 spiro atoms. The number of nitrogens with zero attached hydrogens (tertiary/aromatic N) is 1. The van der Waals surface area contributed by atoms with Gasteiger partial charge in [0.15, 0.2) is 0 Å². The zero-order chi connectivity index (χ0) is 25.1. The molecule has 4 nitrogen and oxygen atoms in total. The molecule has 0 bridgehead atoms. The van der Waals surface area contributed by atoms with Gasteiger partial charge in [0.25, 0.3) is 0 Å². The molecule has 0 saturated carbocycles. The maximum Gasteiger partial charge on any atom is 0.0988 e. The van der Waals surface area contributed by atoms with E-state index in [1.165, 1.54) is 62.8 Å². The van der Waals surface area contributed by atoms with E-state index in [4.69, 9.17) is 4.74 Å². The van der Waals surface area contributed by atoms with Crippen molar-refractivity contribution in [2.24, 2.45) is 23.2 Å². The van der Waals surface area contributed by atoms with Crippen molar-refractivity contribution in [2.45, 2.75) is 104 Å². The lowest BCUT2D eigenvalue weighted by Crippen LogP contribution is -2.55. The second kappa shape index (κ2) is 11.5. The topological polar surface area (TPSA) is 44.7 Å². The molecule has 35 heavy (non-hydrogen) atoms. The Balaban J connectivity index is 1.40. The average Bonchev–Trinajstić information content (AvgIpc) is 3.32. The molecule has 2 aliphatic carbocycles. The number of aliphatic hydroxyl groups excluding tert-OH is 1. The van der Waals surface area contributed by atoms with Crippen LogP contribution in [0.2, 0.25) is 0 Å². The molecule has 2 unspecified atom stereocenters. The summed E-state index contributed by atoms with van der Waals surface area (Å²) in [6.45, 7) is 17.2. The largest absolute Gasteiger partial charge is 0.512 e. The van der Waals surface area contributed by atoms with Gasteiger partial charge in [-0.1, -0.05) is 64.2 Å². The van der Waals surface area contributed by atoms with Gasteiger partial charge in [0, 0.05) is 25.6 Å². The van der Waals surface area contributed by atoms with Gasteiger partial charge in [0.1, 0.15) is 0 Å². The van der Waals surface area contributed by atoms with Gasteiger partial charge in [0.05, 0.1) is 17.5 Å². The van der Waals surface area contributed by atoms with Crippen molar-refractivity contribution in [3.05, 3.63) is 35.1 Å². The molecule has 4 heteroatoms. The molecule has 2 aliphatic heterocycles. The predicted molar refractivity (Wildman–Crippen MR) is 147 cm³/mol. The molecular formula is C31H52N2O2. The highest BCUT2D eigenvalue weighted by Gasteiger charge is 2.52. The van der Waals surface area contributed by atoms with Crippen LogP contribution in [-0.2, 0) is 4.74 Å². The number of likely N-dealkylation sites (tertiary alicyclic amines) is 1. The molecule has 0 aromatic heterocycles. The highest BCUT2D eigenvalue weighted by atomic mass is 16.5. The Hall–Kier alpha value is -1.10. The van der Waals surface area contributed by atoms with E-state index in [0.717, 1.165) is 38.9 Å². The summed E-state index contributed by atoms with van der Waals surface area (Å²) >= 11 is 0. The summed E-state index contributed by atoms with van der Waals surface area (Å²) in [7, 11) is 0. The Kier molecular flexibility index (Phi) is 8.87. The van der Waals surface area contributed by atoms with Crippen LogP contribution >= 0.6 is 0 Å². The van der Waals surface area contributed by atoms with Gasteiger partial charge in [-0.3, -0.25) is 0 Å². The standard InChI is InChI=1S/C31H52N2O2/c1-6-7-8-9-14-30(2,3)24-20-27(34)29-25-19-23(22-32-15-18-33-16-10-11-17-33)12-13-26(25)31(4,5)35-28(29)21-24/h12,20-21,25-26,28-29,32,34H,6-11,13-19,22H2,1-5H3/t25?,26-,28?,29+/m0/s1. The molecule has 198 valence electrons. The lowest BCUT2D eigenvalue weighted by atomic mass is 9.61. The van der Waals surface area contributed by atoms with E-state index in [9.17, 15) is 5.11 Å². The quantitative estimate of drug-likeness (QED) is 0.250. The van der Waals surface area contributed by atoms with Crippen LogP contribution in [0.1, 0.15) is 92.4 Å². The van der Waals surface area contributed by atoms with Crippen molar-refractivity contribution in [2.75, 3.05) is 32.7 Å². The molecular weight excluding hydrogens is 432 g/mol. The van der Waals surface area contributed by atoms with Crippen molar-refractivity contribution in [1.82, 2.24) is 10.2 Å². The summed E-state index contributed by atoms with van der Waals surface area (Å²) in [6.07, 6.45) is 18.0. The van der Waals surface area contributed by atoms with Crippen molar-refractivity contribution < 1.29 is 9.84 Å². The Bertz CT molecular complexity index is 803. The van der Waals surface area contributed by atoms with E-state index in [0.29, 0.717) is 17.6 Å². The fraction of sp³-hybridized carbons (Fsp3) is 0.806. The summed E-state index contributed by atoms with van der Waals surface area (Å²) in [4.78, 5) is 2.57. The Labute approximate surface area is 215 Å². The molecule has 2 N–H and O–H groups in total. The summed E-state index contributed by atoms with van der Waals surface area (Å²) < 4.78 is 6.75. The molecule has 0 amide bonds. The van der Waals surface area contributed by atoms with Gasteiger partial charge in [-0.25, -0.2) is 0 Å². The van der Waals surface area contributed by atoms with Crippen LogP contribution in [0.5, 0.6) is 0 Å². The fourth-order valence-corrected chi connectivity index (χ4v) is 7.13. The SMILES string of the molecule is CCCCCCC(C)(C)C1=CC2OC(C)(C)[C@H]3CC=C(CNCCN4CCCC4)CC3[C@@H]2C(O)=C1. The lowest BCUT2D eigenvalue weighted by Gasteiger charge is -2.53. The van der Waals surface area contributed by atoms with Crippen molar-refractivity contribution >= 4 is 0 Å². The molecule has 2 fully saturated rings. The number of hydrogen-bond donors (Lipinski definition) is 2. The number of hydrogen-bond acceptors (Lipinski definition) is 4. The van der Waals surface area contributed by atoms with Crippen LogP contribution in [0.25, 0.3) is 0 Å². The Morgan fingerprint density at radius 1 is 1.17 bits per heavy atom. The highest BCUT2D eigenvalue weighted by molar-refractivity contribution is 5.36. The van der Waals surface area contributed by atoms with Gasteiger partial charge in [0.2, 0.25) is 0 Å². The van der Waals surface area contributed by atoms with Crippen LogP contribution in [0.4, 0.5) is 0 Å². The van der Waals surface area contributed by atoms with Gasteiger partial charge in [-0.2, -0.15) is 0 Å². The fourth-order valence-electron chi connectivity index (χ4n) is 7.13. The third-order valence-electron chi connectivity index (χ3n) is 9.40. The second-order valence-corrected chi connectivity index (χ2v) is 12.9. The van der Waals surface area contributed by atoms with Crippen LogP contribution in [0.3, 0.4) is 0 Å². The zero-order valence-electron chi connectivity index (χ0n) is 23.2. The third-order valence-corrected chi connectivity index (χ3v) is 9.40. The number of ether oxygens (including phenoxy) is 1. The maximum atomic E-state index is 11.4.